The molecule has 0 aromatic rings. The van der Waals surface area contributed by atoms with Gasteiger partial charge in [0.05, 0.1) is 13.7 Å². The van der Waals surface area contributed by atoms with Gasteiger partial charge in [-0.3, -0.25) is 0 Å². The minimum atomic E-state index is -0.287. The highest BCUT2D eigenvalue weighted by molar-refractivity contribution is 5.82. The van der Waals surface area contributed by atoms with Crippen molar-refractivity contribution in [2.45, 2.75) is 12.8 Å². The average Bonchev–Trinajstić information content (AvgIpc) is 2.06. The van der Waals surface area contributed by atoms with E-state index in [0.717, 1.165) is 25.0 Å². The molecule has 0 atom stereocenters. The Kier molecular flexibility index (Phi) is 3.11. The number of hydrogen-bond donors (Lipinski definition) is 0. The molecule has 11 heavy (non-hydrogen) atoms. The van der Waals surface area contributed by atoms with E-state index in [2.05, 4.69) is 4.74 Å². The van der Waals surface area contributed by atoms with Gasteiger partial charge in [-0.15, -0.1) is 0 Å². The van der Waals surface area contributed by atoms with Crippen LogP contribution in [0.5, 0.6) is 0 Å². The van der Waals surface area contributed by atoms with Crippen molar-refractivity contribution in [2.24, 2.45) is 0 Å². The summed E-state index contributed by atoms with van der Waals surface area (Å²) < 4.78 is 9.63. The summed E-state index contributed by atoms with van der Waals surface area (Å²) in [6.45, 7) is 1.38. The molecule has 1 heterocycles. The number of esters is 1. The Labute approximate surface area is 66.0 Å². The van der Waals surface area contributed by atoms with Crippen LogP contribution in [0.25, 0.3) is 0 Å². The third-order valence-corrected chi connectivity index (χ3v) is 1.60. The van der Waals surface area contributed by atoms with Crippen LogP contribution in [0.3, 0.4) is 0 Å². The average molecular weight is 156 g/mol. The molecule has 1 aliphatic rings. The monoisotopic (exact) mass is 156 g/mol. The van der Waals surface area contributed by atoms with Crippen molar-refractivity contribution in [3.63, 3.8) is 0 Å². The van der Waals surface area contributed by atoms with Gasteiger partial charge in [-0.25, -0.2) is 4.79 Å². The number of carbonyl (C=O) groups is 1. The highest BCUT2D eigenvalue weighted by Crippen LogP contribution is 2.11. The van der Waals surface area contributed by atoms with Crippen LogP contribution in [0.4, 0.5) is 0 Å². The first kappa shape index (κ1) is 8.27. The normalized spacial score (nSPS) is 21.7. The molecule has 0 aromatic heterocycles. The standard InChI is InChI=1S/C8H12O3/c1-10-8(9)5-7-3-2-4-11-6-7/h5H,2-4,6H2,1H3/b7-5+. The Hall–Kier alpha value is -0.830. The molecule has 0 amide bonds. The lowest BCUT2D eigenvalue weighted by atomic mass is 10.1. The number of rotatable bonds is 1. The van der Waals surface area contributed by atoms with E-state index < -0.39 is 0 Å². The van der Waals surface area contributed by atoms with Crippen molar-refractivity contribution < 1.29 is 14.3 Å². The maximum absolute atomic E-state index is 10.7. The number of carbonyl (C=O) groups excluding carboxylic acids is 1. The lowest BCUT2D eigenvalue weighted by molar-refractivity contribution is -0.134. The first-order valence-electron chi connectivity index (χ1n) is 3.68. The van der Waals surface area contributed by atoms with Crippen molar-refractivity contribution in [3.05, 3.63) is 11.6 Å². The molecule has 3 heteroatoms. The van der Waals surface area contributed by atoms with E-state index in [9.17, 15) is 4.79 Å². The lowest BCUT2D eigenvalue weighted by Gasteiger charge is -2.13. The largest absolute Gasteiger partial charge is 0.466 e. The Morgan fingerprint density at radius 2 is 2.55 bits per heavy atom. The molecule has 3 nitrogen and oxygen atoms in total. The SMILES string of the molecule is COC(=O)/C=C1\CCCOC1. The smallest absolute Gasteiger partial charge is 0.330 e. The van der Waals surface area contributed by atoms with Gasteiger partial charge in [-0.2, -0.15) is 0 Å². The van der Waals surface area contributed by atoms with Gasteiger partial charge in [0.2, 0.25) is 0 Å². The molecule has 1 fully saturated rings. The summed E-state index contributed by atoms with van der Waals surface area (Å²) in [4.78, 5) is 10.7. The van der Waals surface area contributed by atoms with E-state index in [4.69, 9.17) is 4.74 Å². The zero-order valence-corrected chi connectivity index (χ0v) is 6.63. The van der Waals surface area contributed by atoms with Crippen LogP contribution in [0.15, 0.2) is 11.6 Å². The molecule has 62 valence electrons. The quantitative estimate of drug-likeness (QED) is 0.418. The minimum absolute atomic E-state index is 0.287. The van der Waals surface area contributed by atoms with Gasteiger partial charge in [0.15, 0.2) is 0 Å². The summed E-state index contributed by atoms with van der Waals surface area (Å²) in [6.07, 6.45) is 3.47. The summed E-state index contributed by atoms with van der Waals surface area (Å²) in [5.41, 5.74) is 1.03. The summed E-state index contributed by atoms with van der Waals surface area (Å²) >= 11 is 0. The molecule has 0 aliphatic carbocycles. The fourth-order valence-corrected chi connectivity index (χ4v) is 1.02. The second-order valence-electron chi connectivity index (χ2n) is 2.48. The number of methoxy groups -OCH3 is 1. The molecule has 1 aliphatic heterocycles. The van der Waals surface area contributed by atoms with Crippen molar-refractivity contribution in [1.29, 1.82) is 0 Å². The molecule has 0 unspecified atom stereocenters. The van der Waals surface area contributed by atoms with E-state index in [-0.39, 0.29) is 5.97 Å². The van der Waals surface area contributed by atoms with Crippen molar-refractivity contribution >= 4 is 5.97 Å². The lowest BCUT2D eigenvalue weighted by Crippen LogP contribution is -2.10. The summed E-state index contributed by atoms with van der Waals surface area (Å²) in [5.74, 6) is -0.287. The van der Waals surface area contributed by atoms with Gasteiger partial charge < -0.3 is 9.47 Å². The third-order valence-electron chi connectivity index (χ3n) is 1.60. The first-order chi connectivity index (χ1) is 5.33. The minimum Gasteiger partial charge on any atom is -0.466 e. The zero-order valence-electron chi connectivity index (χ0n) is 6.63. The number of hydrogen-bond acceptors (Lipinski definition) is 3. The van der Waals surface area contributed by atoms with Crippen LogP contribution < -0.4 is 0 Å². The molecule has 1 saturated heterocycles. The van der Waals surface area contributed by atoms with Gasteiger partial charge in [0.25, 0.3) is 0 Å². The van der Waals surface area contributed by atoms with E-state index >= 15 is 0 Å². The second-order valence-corrected chi connectivity index (χ2v) is 2.48. The van der Waals surface area contributed by atoms with Gasteiger partial charge in [-0.05, 0) is 18.4 Å². The maximum Gasteiger partial charge on any atom is 0.330 e. The Balaban J connectivity index is 2.43. The highest BCUT2D eigenvalue weighted by atomic mass is 16.5. The highest BCUT2D eigenvalue weighted by Gasteiger charge is 2.06. The van der Waals surface area contributed by atoms with E-state index in [0.29, 0.717) is 6.61 Å². The van der Waals surface area contributed by atoms with Crippen molar-refractivity contribution in [2.75, 3.05) is 20.3 Å². The molecule has 0 aromatic carbocycles. The molecule has 0 spiro atoms. The molecule has 0 N–H and O–H groups in total. The predicted octanol–water partition coefficient (Wildman–Crippen LogP) is 0.896. The summed E-state index contributed by atoms with van der Waals surface area (Å²) in [7, 11) is 1.38. The fraction of sp³-hybridized carbons (Fsp3) is 0.625. The Bertz CT molecular complexity index is 164. The Morgan fingerprint density at radius 1 is 1.73 bits per heavy atom. The van der Waals surface area contributed by atoms with Crippen LogP contribution in [0.1, 0.15) is 12.8 Å². The topological polar surface area (TPSA) is 35.5 Å². The predicted molar refractivity (Wildman–Crippen MR) is 40.2 cm³/mol. The van der Waals surface area contributed by atoms with Crippen LogP contribution in [0.2, 0.25) is 0 Å². The van der Waals surface area contributed by atoms with E-state index in [1.165, 1.54) is 13.2 Å². The third kappa shape index (κ3) is 2.72. The van der Waals surface area contributed by atoms with E-state index in [1.807, 2.05) is 0 Å². The van der Waals surface area contributed by atoms with Crippen LogP contribution >= 0.6 is 0 Å². The molecule has 0 saturated carbocycles. The van der Waals surface area contributed by atoms with Crippen molar-refractivity contribution in [3.8, 4) is 0 Å². The molecule has 0 bridgehead atoms. The molecular formula is C8H12O3. The van der Waals surface area contributed by atoms with Gasteiger partial charge in [-0.1, -0.05) is 0 Å². The Morgan fingerprint density at radius 3 is 3.09 bits per heavy atom. The fourth-order valence-electron chi connectivity index (χ4n) is 1.02. The maximum atomic E-state index is 10.7. The van der Waals surface area contributed by atoms with Gasteiger partial charge in [0, 0.05) is 12.7 Å². The summed E-state index contributed by atoms with van der Waals surface area (Å²) in [6, 6.07) is 0. The number of ether oxygens (including phenoxy) is 2. The van der Waals surface area contributed by atoms with Crippen LogP contribution in [-0.4, -0.2) is 26.3 Å². The summed E-state index contributed by atoms with van der Waals surface area (Å²) in [5, 5.41) is 0. The zero-order chi connectivity index (χ0) is 8.10. The van der Waals surface area contributed by atoms with Gasteiger partial charge >= 0.3 is 5.97 Å². The molecule has 0 radical (unpaired) electrons. The van der Waals surface area contributed by atoms with Crippen LogP contribution in [0, 0.1) is 0 Å². The second kappa shape index (κ2) is 4.13. The van der Waals surface area contributed by atoms with Crippen LogP contribution in [-0.2, 0) is 14.3 Å². The molecule has 1 rings (SSSR count). The van der Waals surface area contributed by atoms with Gasteiger partial charge in [0.1, 0.15) is 0 Å². The molecular weight excluding hydrogens is 144 g/mol. The van der Waals surface area contributed by atoms with E-state index in [1.54, 1.807) is 0 Å². The van der Waals surface area contributed by atoms with Crippen molar-refractivity contribution in [1.82, 2.24) is 0 Å². The first-order valence-corrected chi connectivity index (χ1v) is 3.68.